The number of halogens is 3. The summed E-state index contributed by atoms with van der Waals surface area (Å²) in [6.45, 7) is 4.38. The van der Waals surface area contributed by atoms with Gasteiger partial charge in [-0.3, -0.25) is 4.79 Å². The van der Waals surface area contributed by atoms with Crippen molar-refractivity contribution in [1.82, 2.24) is 9.88 Å². The predicted molar refractivity (Wildman–Crippen MR) is 75.2 cm³/mol. The van der Waals surface area contributed by atoms with Gasteiger partial charge in [0.15, 0.2) is 0 Å². The zero-order chi connectivity index (χ0) is 16.0. The second kappa shape index (κ2) is 7.28. The van der Waals surface area contributed by atoms with Crippen molar-refractivity contribution in [2.75, 3.05) is 18.4 Å². The molecule has 0 aliphatic heterocycles. The van der Waals surface area contributed by atoms with Crippen LogP contribution in [0.1, 0.15) is 37.6 Å². The Bertz CT molecular complexity index is 475. The van der Waals surface area contributed by atoms with Crippen LogP contribution in [0.2, 0.25) is 0 Å². The number of anilines is 1. The molecule has 0 aliphatic rings. The Morgan fingerprint density at radius 2 is 2.10 bits per heavy atom. The minimum absolute atomic E-state index is 0.156. The molecule has 0 aliphatic carbocycles. The summed E-state index contributed by atoms with van der Waals surface area (Å²) < 4.78 is 37.9. The Balaban J connectivity index is 3.04. The van der Waals surface area contributed by atoms with Gasteiger partial charge < -0.3 is 10.2 Å². The monoisotopic (exact) mass is 303 g/mol. The van der Waals surface area contributed by atoms with E-state index in [2.05, 4.69) is 10.3 Å². The Morgan fingerprint density at radius 3 is 2.62 bits per heavy atom. The summed E-state index contributed by atoms with van der Waals surface area (Å²) in [4.78, 5) is 17.2. The first kappa shape index (κ1) is 17.3. The molecule has 0 radical (unpaired) electrons. The molecule has 7 heteroatoms. The molecular formula is C14H20F3N3O. The van der Waals surface area contributed by atoms with Crippen LogP contribution in [-0.2, 0) is 0 Å². The van der Waals surface area contributed by atoms with Gasteiger partial charge in [0.05, 0.1) is 5.56 Å². The van der Waals surface area contributed by atoms with Crippen molar-refractivity contribution >= 4 is 11.7 Å². The van der Waals surface area contributed by atoms with Crippen LogP contribution in [0.5, 0.6) is 0 Å². The molecule has 1 rings (SSSR count). The molecule has 0 fully saturated rings. The molecule has 1 aromatic heterocycles. The molecule has 0 aromatic carbocycles. The van der Waals surface area contributed by atoms with E-state index in [1.807, 2.05) is 6.92 Å². The van der Waals surface area contributed by atoms with E-state index in [9.17, 15) is 18.0 Å². The first-order chi connectivity index (χ1) is 9.76. The van der Waals surface area contributed by atoms with E-state index in [1.54, 1.807) is 13.8 Å². The third kappa shape index (κ3) is 5.24. The maximum atomic E-state index is 12.6. The number of hydrogen-bond donors (Lipinski definition) is 1. The number of nitrogens with zero attached hydrogens (tertiary/aromatic N) is 2. The average Bonchev–Trinajstić information content (AvgIpc) is 2.41. The van der Waals surface area contributed by atoms with E-state index in [-0.39, 0.29) is 5.56 Å². The number of nitrogens with one attached hydrogen (secondary N) is 1. The van der Waals surface area contributed by atoms with Gasteiger partial charge >= 0.3 is 6.18 Å². The van der Waals surface area contributed by atoms with E-state index < -0.39 is 24.7 Å². The van der Waals surface area contributed by atoms with Gasteiger partial charge in [-0.15, -0.1) is 0 Å². The second-order valence-corrected chi connectivity index (χ2v) is 4.97. The third-order valence-electron chi connectivity index (χ3n) is 2.81. The van der Waals surface area contributed by atoms with Gasteiger partial charge in [0, 0.05) is 18.8 Å². The Morgan fingerprint density at radius 1 is 1.43 bits per heavy atom. The van der Waals surface area contributed by atoms with E-state index in [1.165, 1.54) is 18.3 Å². The molecule has 1 N–H and O–H groups in total. The van der Waals surface area contributed by atoms with Crippen molar-refractivity contribution in [3.63, 3.8) is 0 Å². The molecule has 1 heterocycles. The van der Waals surface area contributed by atoms with Gasteiger partial charge in [0.1, 0.15) is 12.4 Å². The van der Waals surface area contributed by atoms with Crippen LogP contribution < -0.4 is 5.32 Å². The quantitative estimate of drug-likeness (QED) is 0.877. The van der Waals surface area contributed by atoms with Gasteiger partial charge in [-0.05, 0) is 32.4 Å². The number of rotatable bonds is 6. The molecule has 0 saturated heterocycles. The fourth-order valence-electron chi connectivity index (χ4n) is 1.80. The first-order valence-corrected chi connectivity index (χ1v) is 6.83. The van der Waals surface area contributed by atoms with Crippen LogP contribution in [0.25, 0.3) is 0 Å². The molecule has 1 aromatic rings. The van der Waals surface area contributed by atoms with Gasteiger partial charge in [-0.2, -0.15) is 13.2 Å². The maximum Gasteiger partial charge on any atom is 0.406 e. The Hall–Kier alpha value is -1.79. The van der Waals surface area contributed by atoms with E-state index in [4.69, 9.17) is 0 Å². The number of amides is 1. The largest absolute Gasteiger partial charge is 0.406 e. The highest BCUT2D eigenvalue weighted by molar-refractivity contribution is 5.98. The SMILES string of the molecule is CCCNc1ncccc1C(=O)N(CC(F)(F)F)C(C)C. The minimum atomic E-state index is -4.43. The van der Waals surface area contributed by atoms with Crippen molar-refractivity contribution in [3.8, 4) is 0 Å². The van der Waals surface area contributed by atoms with Crippen molar-refractivity contribution < 1.29 is 18.0 Å². The Kier molecular flexibility index (Phi) is 5.99. The van der Waals surface area contributed by atoms with Crippen molar-refractivity contribution in [3.05, 3.63) is 23.9 Å². The van der Waals surface area contributed by atoms with Gasteiger partial charge in [0.2, 0.25) is 0 Å². The van der Waals surface area contributed by atoms with Crippen LogP contribution in [0.3, 0.4) is 0 Å². The molecule has 118 valence electrons. The number of alkyl halides is 3. The predicted octanol–water partition coefficient (Wildman–Crippen LogP) is 3.32. The highest BCUT2D eigenvalue weighted by Gasteiger charge is 2.35. The van der Waals surface area contributed by atoms with Crippen molar-refractivity contribution in [2.45, 2.75) is 39.4 Å². The average molecular weight is 303 g/mol. The molecule has 4 nitrogen and oxygen atoms in total. The smallest absolute Gasteiger partial charge is 0.369 e. The first-order valence-electron chi connectivity index (χ1n) is 6.83. The van der Waals surface area contributed by atoms with Crippen LogP contribution in [0.4, 0.5) is 19.0 Å². The second-order valence-electron chi connectivity index (χ2n) is 4.97. The molecule has 21 heavy (non-hydrogen) atoms. The highest BCUT2D eigenvalue weighted by Crippen LogP contribution is 2.22. The number of hydrogen-bond acceptors (Lipinski definition) is 3. The lowest BCUT2D eigenvalue weighted by atomic mass is 10.2. The third-order valence-corrected chi connectivity index (χ3v) is 2.81. The summed E-state index contributed by atoms with van der Waals surface area (Å²) in [6.07, 6.45) is -2.11. The summed E-state index contributed by atoms with van der Waals surface area (Å²) >= 11 is 0. The fourth-order valence-corrected chi connectivity index (χ4v) is 1.80. The van der Waals surface area contributed by atoms with E-state index in [0.717, 1.165) is 11.3 Å². The lowest BCUT2D eigenvalue weighted by molar-refractivity contribution is -0.143. The topological polar surface area (TPSA) is 45.2 Å². The fraction of sp³-hybridized carbons (Fsp3) is 0.571. The van der Waals surface area contributed by atoms with Gasteiger partial charge in [0.25, 0.3) is 5.91 Å². The minimum Gasteiger partial charge on any atom is -0.369 e. The zero-order valence-corrected chi connectivity index (χ0v) is 12.4. The molecule has 0 bridgehead atoms. The van der Waals surface area contributed by atoms with Gasteiger partial charge in [-0.1, -0.05) is 6.92 Å². The summed E-state index contributed by atoms with van der Waals surface area (Å²) in [5.74, 6) is -0.355. The molecule has 0 atom stereocenters. The molecule has 0 unspecified atom stereocenters. The Labute approximate surface area is 122 Å². The van der Waals surface area contributed by atoms with Crippen LogP contribution in [0.15, 0.2) is 18.3 Å². The molecule has 0 saturated carbocycles. The summed E-state index contributed by atoms with van der Waals surface area (Å²) in [5.41, 5.74) is 0.156. The number of pyridine rings is 1. The summed E-state index contributed by atoms with van der Waals surface area (Å²) in [5, 5.41) is 2.96. The molecule has 0 spiro atoms. The summed E-state index contributed by atoms with van der Waals surface area (Å²) in [6, 6.07) is 2.47. The maximum absolute atomic E-state index is 12.6. The molecular weight excluding hydrogens is 283 g/mol. The zero-order valence-electron chi connectivity index (χ0n) is 12.4. The van der Waals surface area contributed by atoms with Crippen LogP contribution >= 0.6 is 0 Å². The normalized spacial score (nSPS) is 11.6. The van der Waals surface area contributed by atoms with Gasteiger partial charge in [-0.25, -0.2) is 4.98 Å². The lowest BCUT2D eigenvalue weighted by Crippen LogP contribution is -2.43. The number of carbonyl (C=O) groups excluding carboxylic acids is 1. The van der Waals surface area contributed by atoms with Crippen LogP contribution in [-0.4, -0.2) is 41.1 Å². The summed E-state index contributed by atoms with van der Waals surface area (Å²) in [7, 11) is 0. The molecule has 1 amide bonds. The van der Waals surface area contributed by atoms with E-state index >= 15 is 0 Å². The number of aromatic nitrogens is 1. The standard InChI is InChI=1S/C14H20F3N3O/c1-4-7-18-12-11(6-5-8-19-12)13(21)20(10(2)3)9-14(15,16)17/h5-6,8,10H,4,7,9H2,1-3H3,(H,18,19). The van der Waals surface area contributed by atoms with Crippen molar-refractivity contribution in [1.29, 1.82) is 0 Å². The lowest BCUT2D eigenvalue weighted by Gasteiger charge is -2.28. The van der Waals surface area contributed by atoms with E-state index in [0.29, 0.717) is 12.4 Å². The number of carbonyl (C=O) groups is 1. The highest BCUT2D eigenvalue weighted by atomic mass is 19.4. The van der Waals surface area contributed by atoms with Crippen LogP contribution in [0, 0.1) is 0 Å². The van der Waals surface area contributed by atoms with Crippen molar-refractivity contribution in [2.24, 2.45) is 0 Å².